The highest BCUT2D eigenvalue weighted by Crippen LogP contribution is 2.22. The van der Waals surface area contributed by atoms with Gasteiger partial charge in [0.25, 0.3) is 0 Å². The first kappa shape index (κ1) is 16.9. The molecule has 5 nitrogen and oxygen atoms in total. The molecule has 2 N–H and O–H groups in total. The zero-order valence-electron chi connectivity index (χ0n) is 12.3. The molecule has 0 aromatic heterocycles. The first-order valence-corrected chi connectivity index (χ1v) is 6.52. The van der Waals surface area contributed by atoms with Crippen LogP contribution in [-0.4, -0.2) is 55.3 Å². The van der Waals surface area contributed by atoms with Gasteiger partial charge in [0.1, 0.15) is 0 Å². The van der Waals surface area contributed by atoms with Crippen LogP contribution in [0.15, 0.2) is 0 Å². The maximum absolute atomic E-state index is 12.5. The van der Waals surface area contributed by atoms with E-state index in [9.17, 15) is 9.59 Å². The van der Waals surface area contributed by atoms with Crippen molar-refractivity contribution in [3.8, 4) is 0 Å². The summed E-state index contributed by atoms with van der Waals surface area (Å²) < 4.78 is 0. The van der Waals surface area contributed by atoms with Crippen molar-refractivity contribution >= 4 is 11.8 Å². The topological polar surface area (TPSA) is 66.6 Å². The molecule has 0 saturated carbocycles. The average Bonchev–Trinajstić information content (AvgIpc) is 2.36. The summed E-state index contributed by atoms with van der Waals surface area (Å²) in [5.41, 5.74) is 5.13. The summed E-state index contributed by atoms with van der Waals surface area (Å²) in [7, 11) is 3.39. The lowest BCUT2D eigenvalue weighted by Gasteiger charge is -2.33. The van der Waals surface area contributed by atoms with Gasteiger partial charge in [-0.3, -0.25) is 9.59 Å². The molecular weight excluding hydrogens is 230 g/mol. The molecule has 0 fully saturated rings. The second kappa shape index (κ2) is 7.36. The van der Waals surface area contributed by atoms with Crippen LogP contribution in [0.5, 0.6) is 0 Å². The van der Waals surface area contributed by atoms with Gasteiger partial charge in [0.05, 0.1) is 12.0 Å². The highest BCUT2D eigenvalue weighted by molar-refractivity contribution is 5.87. The van der Waals surface area contributed by atoms with Crippen LogP contribution < -0.4 is 5.73 Å². The summed E-state index contributed by atoms with van der Waals surface area (Å²) >= 11 is 0. The summed E-state index contributed by atoms with van der Waals surface area (Å²) in [4.78, 5) is 27.3. The van der Waals surface area contributed by atoms with E-state index in [0.29, 0.717) is 19.5 Å². The second-order valence-electron chi connectivity index (χ2n) is 5.13. The second-order valence-corrected chi connectivity index (χ2v) is 5.13. The summed E-state index contributed by atoms with van der Waals surface area (Å²) in [6.45, 7) is 6.83. The first-order chi connectivity index (χ1) is 8.32. The molecule has 0 aliphatic heterocycles. The van der Waals surface area contributed by atoms with Gasteiger partial charge >= 0.3 is 0 Å². The minimum Gasteiger partial charge on any atom is -0.347 e. The zero-order valence-corrected chi connectivity index (χ0v) is 12.3. The highest BCUT2D eigenvalue weighted by Gasteiger charge is 2.34. The quantitative estimate of drug-likeness (QED) is 0.729. The maximum Gasteiger partial charge on any atom is 0.241 e. The van der Waals surface area contributed by atoms with Crippen LogP contribution in [0.1, 0.15) is 33.6 Å². The molecule has 0 spiro atoms. The van der Waals surface area contributed by atoms with Gasteiger partial charge in [-0.15, -0.1) is 0 Å². The lowest BCUT2D eigenvalue weighted by Crippen LogP contribution is -2.49. The van der Waals surface area contributed by atoms with Crippen molar-refractivity contribution in [1.82, 2.24) is 9.80 Å². The number of rotatable bonds is 7. The summed E-state index contributed by atoms with van der Waals surface area (Å²) in [6, 6.07) is 0. The monoisotopic (exact) mass is 257 g/mol. The molecule has 0 saturated heterocycles. The summed E-state index contributed by atoms with van der Waals surface area (Å²) in [5.74, 6) is -0.0863. The largest absolute Gasteiger partial charge is 0.347 e. The fraction of sp³-hybridized carbons (Fsp3) is 0.846. The molecule has 0 aromatic rings. The summed E-state index contributed by atoms with van der Waals surface area (Å²) in [5, 5.41) is 0. The smallest absolute Gasteiger partial charge is 0.241 e. The molecule has 1 unspecified atom stereocenters. The van der Waals surface area contributed by atoms with E-state index in [2.05, 4.69) is 0 Å². The lowest BCUT2D eigenvalue weighted by molar-refractivity contribution is -0.145. The third-order valence-electron chi connectivity index (χ3n) is 3.35. The fourth-order valence-corrected chi connectivity index (χ4v) is 1.59. The normalized spacial score (nSPS) is 13.9. The number of amides is 2. The Kier molecular flexibility index (Phi) is 6.91. The number of nitrogens with two attached hydrogens (primary N) is 1. The van der Waals surface area contributed by atoms with Crippen molar-refractivity contribution < 1.29 is 9.59 Å². The third-order valence-corrected chi connectivity index (χ3v) is 3.35. The Morgan fingerprint density at radius 1 is 1.22 bits per heavy atom. The van der Waals surface area contributed by atoms with Crippen molar-refractivity contribution in [3.63, 3.8) is 0 Å². The van der Waals surface area contributed by atoms with E-state index in [1.165, 1.54) is 4.90 Å². The minimum absolute atomic E-state index is 0.0236. The Bertz CT molecular complexity index is 286. The van der Waals surface area contributed by atoms with Crippen molar-refractivity contribution in [1.29, 1.82) is 0 Å². The molecule has 5 heteroatoms. The Hall–Kier alpha value is -1.10. The van der Waals surface area contributed by atoms with Crippen molar-refractivity contribution in [2.75, 3.05) is 33.7 Å². The average molecular weight is 257 g/mol. The van der Waals surface area contributed by atoms with E-state index < -0.39 is 5.41 Å². The van der Waals surface area contributed by atoms with E-state index in [4.69, 9.17) is 5.73 Å². The van der Waals surface area contributed by atoms with Gasteiger partial charge in [-0.1, -0.05) is 13.8 Å². The SMILES string of the molecule is CCCN(CC(=O)N(C)C)C(=O)C(C)(CC)CN. The first-order valence-electron chi connectivity index (χ1n) is 6.52. The molecule has 0 aliphatic carbocycles. The molecule has 0 aromatic carbocycles. The van der Waals surface area contributed by atoms with Crippen LogP contribution >= 0.6 is 0 Å². The van der Waals surface area contributed by atoms with Crippen molar-refractivity contribution in [3.05, 3.63) is 0 Å². The molecule has 18 heavy (non-hydrogen) atoms. The molecular formula is C13H27N3O2. The van der Waals surface area contributed by atoms with Crippen molar-refractivity contribution in [2.45, 2.75) is 33.6 Å². The van der Waals surface area contributed by atoms with Gasteiger partial charge in [0.2, 0.25) is 11.8 Å². The van der Waals surface area contributed by atoms with E-state index >= 15 is 0 Å². The third kappa shape index (κ3) is 4.29. The van der Waals surface area contributed by atoms with Crippen LogP contribution in [-0.2, 0) is 9.59 Å². The molecule has 0 rings (SSSR count). The standard InChI is InChI=1S/C13H27N3O2/c1-6-8-16(9-11(17)15(4)5)12(18)13(3,7-2)10-14/h6-10,14H2,1-5H3. The van der Waals surface area contributed by atoms with Crippen LogP contribution in [0.4, 0.5) is 0 Å². The number of nitrogens with zero attached hydrogens (tertiary/aromatic N) is 2. The Labute approximate surface area is 110 Å². The van der Waals surface area contributed by atoms with Gasteiger partial charge < -0.3 is 15.5 Å². The van der Waals surface area contributed by atoms with Crippen LogP contribution in [0.2, 0.25) is 0 Å². The zero-order chi connectivity index (χ0) is 14.3. The van der Waals surface area contributed by atoms with E-state index in [0.717, 1.165) is 6.42 Å². The highest BCUT2D eigenvalue weighted by atomic mass is 16.2. The van der Waals surface area contributed by atoms with E-state index in [1.54, 1.807) is 19.0 Å². The number of carbonyl (C=O) groups excluding carboxylic acids is 2. The molecule has 0 aliphatic rings. The van der Waals surface area contributed by atoms with Gasteiger partial charge in [-0.2, -0.15) is 0 Å². The van der Waals surface area contributed by atoms with Gasteiger partial charge in [-0.25, -0.2) is 0 Å². The number of hydrogen-bond donors (Lipinski definition) is 1. The molecule has 0 heterocycles. The van der Waals surface area contributed by atoms with Crippen LogP contribution in [0.25, 0.3) is 0 Å². The predicted molar refractivity (Wildman–Crippen MR) is 73.0 cm³/mol. The van der Waals surface area contributed by atoms with Crippen LogP contribution in [0, 0.1) is 5.41 Å². The Morgan fingerprint density at radius 2 is 1.78 bits per heavy atom. The number of likely N-dealkylation sites (N-methyl/N-ethyl adjacent to an activating group) is 1. The minimum atomic E-state index is -0.568. The van der Waals surface area contributed by atoms with Gasteiger partial charge in [0.15, 0.2) is 0 Å². The van der Waals surface area contributed by atoms with Gasteiger partial charge in [-0.05, 0) is 19.8 Å². The molecule has 1 atom stereocenters. The molecule has 0 bridgehead atoms. The predicted octanol–water partition coefficient (Wildman–Crippen LogP) is 0.688. The maximum atomic E-state index is 12.5. The van der Waals surface area contributed by atoms with Crippen LogP contribution in [0.3, 0.4) is 0 Å². The number of carbonyl (C=O) groups is 2. The fourth-order valence-electron chi connectivity index (χ4n) is 1.59. The molecule has 106 valence electrons. The Balaban J connectivity index is 4.89. The Morgan fingerprint density at radius 3 is 2.11 bits per heavy atom. The lowest BCUT2D eigenvalue weighted by atomic mass is 9.86. The van der Waals surface area contributed by atoms with E-state index in [1.807, 2.05) is 20.8 Å². The van der Waals surface area contributed by atoms with Gasteiger partial charge in [0, 0.05) is 27.2 Å². The number of hydrogen-bond acceptors (Lipinski definition) is 3. The molecule has 0 radical (unpaired) electrons. The molecule has 2 amide bonds. The van der Waals surface area contributed by atoms with E-state index in [-0.39, 0.29) is 18.4 Å². The van der Waals surface area contributed by atoms with Crippen molar-refractivity contribution in [2.24, 2.45) is 11.1 Å². The summed E-state index contributed by atoms with van der Waals surface area (Å²) in [6.07, 6.45) is 1.51.